The van der Waals surface area contributed by atoms with Gasteiger partial charge in [-0.15, -0.1) is 0 Å². The minimum Gasteiger partial charge on any atom is -0.469 e. The third kappa shape index (κ3) is 1.82. The highest BCUT2D eigenvalue weighted by Crippen LogP contribution is 2.31. The number of rotatable bonds is 2. The first kappa shape index (κ1) is 11.4. The number of hydrogen-bond acceptors (Lipinski definition) is 3. The molecule has 0 aliphatic rings. The Morgan fingerprint density at radius 3 is 2.78 bits per heavy atom. The molecule has 0 bridgehead atoms. The van der Waals surface area contributed by atoms with E-state index in [1.165, 1.54) is 0 Å². The van der Waals surface area contributed by atoms with Gasteiger partial charge >= 0.3 is 0 Å². The maximum Gasteiger partial charge on any atom is 0.152 e. The molecule has 1 unspecified atom stereocenters. The van der Waals surface area contributed by atoms with Gasteiger partial charge in [-0.3, -0.25) is 0 Å². The second-order valence-electron chi connectivity index (χ2n) is 4.28. The van der Waals surface area contributed by atoms with E-state index in [2.05, 4.69) is 0 Å². The predicted molar refractivity (Wildman–Crippen MR) is 70.7 cm³/mol. The van der Waals surface area contributed by atoms with Crippen LogP contribution in [0.1, 0.15) is 23.1 Å². The van der Waals surface area contributed by atoms with Crippen molar-refractivity contribution in [3.8, 4) is 0 Å². The van der Waals surface area contributed by atoms with Gasteiger partial charge in [-0.05, 0) is 25.1 Å². The molecule has 3 aromatic rings. The molecular weight excluding hydrogens is 250 g/mol. The molecule has 0 amide bonds. The largest absolute Gasteiger partial charge is 0.469 e. The van der Waals surface area contributed by atoms with E-state index in [0.29, 0.717) is 16.4 Å². The minimum atomic E-state index is -0.342. The van der Waals surface area contributed by atoms with Crippen LogP contribution in [0.2, 0.25) is 5.02 Å². The summed E-state index contributed by atoms with van der Waals surface area (Å²) in [4.78, 5) is 0. The molecule has 0 saturated carbocycles. The summed E-state index contributed by atoms with van der Waals surface area (Å²) < 4.78 is 11.0. The van der Waals surface area contributed by atoms with Crippen LogP contribution in [0, 0.1) is 6.92 Å². The van der Waals surface area contributed by atoms with Crippen LogP contribution in [-0.2, 0) is 0 Å². The fourth-order valence-corrected chi connectivity index (χ4v) is 2.21. The van der Waals surface area contributed by atoms with Crippen LogP contribution in [0.3, 0.4) is 0 Å². The predicted octanol–water partition coefficient (Wildman–Crippen LogP) is 4.04. The van der Waals surface area contributed by atoms with E-state index in [1.54, 1.807) is 12.3 Å². The van der Waals surface area contributed by atoms with Crippen molar-refractivity contribution >= 4 is 22.6 Å². The van der Waals surface area contributed by atoms with Gasteiger partial charge < -0.3 is 14.6 Å². The Labute approximate surface area is 109 Å². The molecule has 0 aliphatic heterocycles. The molecule has 2 aromatic heterocycles. The zero-order chi connectivity index (χ0) is 12.7. The molecule has 0 aliphatic carbocycles. The molecule has 2 N–H and O–H groups in total. The van der Waals surface area contributed by atoms with E-state index in [1.807, 2.05) is 31.2 Å². The quantitative estimate of drug-likeness (QED) is 0.757. The van der Waals surface area contributed by atoms with Crippen LogP contribution in [-0.4, -0.2) is 0 Å². The summed E-state index contributed by atoms with van der Waals surface area (Å²) in [6.07, 6.45) is 1.65. The third-order valence-electron chi connectivity index (χ3n) is 2.93. The Bertz CT molecular complexity index is 699. The molecule has 3 nitrogen and oxygen atoms in total. The molecule has 2 heterocycles. The van der Waals surface area contributed by atoms with Gasteiger partial charge in [-0.25, -0.2) is 0 Å². The van der Waals surface area contributed by atoms with Crippen molar-refractivity contribution in [1.29, 1.82) is 0 Å². The average molecular weight is 262 g/mol. The minimum absolute atomic E-state index is 0.342. The van der Waals surface area contributed by atoms with Gasteiger partial charge in [-0.1, -0.05) is 23.7 Å². The molecule has 0 fully saturated rings. The maximum absolute atomic E-state index is 6.15. The normalized spacial score (nSPS) is 13.1. The van der Waals surface area contributed by atoms with Crippen molar-refractivity contribution in [2.75, 3.05) is 0 Å². The summed E-state index contributed by atoms with van der Waals surface area (Å²) in [6.45, 7) is 1.88. The maximum atomic E-state index is 6.15. The number of halogens is 1. The lowest BCUT2D eigenvalue weighted by Crippen LogP contribution is -2.09. The zero-order valence-corrected chi connectivity index (χ0v) is 10.6. The van der Waals surface area contributed by atoms with Crippen molar-refractivity contribution in [3.63, 3.8) is 0 Å². The van der Waals surface area contributed by atoms with E-state index in [-0.39, 0.29) is 6.04 Å². The Hall–Kier alpha value is -1.71. The summed E-state index contributed by atoms with van der Waals surface area (Å²) in [5.41, 5.74) is 7.71. The fraction of sp³-hybridized carbons (Fsp3) is 0.143. The Kier molecular flexibility index (Phi) is 2.65. The second kappa shape index (κ2) is 4.19. The second-order valence-corrected chi connectivity index (χ2v) is 4.68. The summed E-state index contributed by atoms with van der Waals surface area (Å²) in [7, 11) is 0. The van der Waals surface area contributed by atoms with Crippen LogP contribution in [0.15, 0.2) is 45.4 Å². The van der Waals surface area contributed by atoms with Crippen molar-refractivity contribution in [3.05, 3.63) is 58.7 Å². The van der Waals surface area contributed by atoms with E-state index >= 15 is 0 Å². The molecule has 92 valence electrons. The topological polar surface area (TPSA) is 52.3 Å². The summed E-state index contributed by atoms with van der Waals surface area (Å²) >= 11 is 6.07. The smallest absolute Gasteiger partial charge is 0.152 e. The van der Waals surface area contributed by atoms with Crippen LogP contribution in [0.25, 0.3) is 11.0 Å². The van der Waals surface area contributed by atoms with E-state index < -0.39 is 0 Å². The highest BCUT2D eigenvalue weighted by atomic mass is 35.5. The lowest BCUT2D eigenvalue weighted by atomic mass is 10.1. The van der Waals surface area contributed by atoms with Gasteiger partial charge in [0.2, 0.25) is 0 Å². The van der Waals surface area contributed by atoms with E-state index in [9.17, 15) is 0 Å². The van der Waals surface area contributed by atoms with E-state index in [0.717, 1.165) is 16.7 Å². The SMILES string of the molecule is Cc1cc(C(N)c2cc3cccc(Cl)c3o2)co1. The first-order valence-electron chi connectivity index (χ1n) is 5.64. The zero-order valence-electron chi connectivity index (χ0n) is 9.81. The number of hydrogen-bond donors (Lipinski definition) is 1. The standard InChI is InChI=1S/C14H12ClNO2/c1-8-5-10(7-17-8)13(16)12-6-9-3-2-4-11(15)14(9)18-12/h2-7,13H,16H2,1H3. The first-order valence-corrected chi connectivity index (χ1v) is 6.01. The van der Waals surface area contributed by atoms with Crippen molar-refractivity contribution in [2.45, 2.75) is 13.0 Å². The van der Waals surface area contributed by atoms with Gasteiger partial charge in [0.1, 0.15) is 11.5 Å². The Morgan fingerprint density at radius 2 is 2.11 bits per heavy atom. The molecule has 0 saturated heterocycles. The molecule has 4 heteroatoms. The molecular formula is C14H12ClNO2. The Balaban J connectivity index is 2.06. The number of furan rings is 2. The van der Waals surface area contributed by atoms with Crippen LogP contribution >= 0.6 is 11.6 Å². The van der Waals surface area contributed by atoms with Gasteiger partial charge in [0.15, 0.2) is 5.58 Å². The van der Waals surface area contributed by atoms with E-state index in [4.69, 9.17) is 26.2 Å². The molecule has 0 radical (unpaired) electrons. The number of aryl methyl sites for hydroxylation is 1. The number of fused-ring (bicyclic) bond motifs is 1. The van der Waals surface area contributed by atoms with Gasteiger partial charge in [0.05, 0.1) is 17.3 Å². The van der Waals surface area contributed by atoms with Crippen molar-refractivity contribution in [2.24, 2.45) is 5.73 Å². The number of para-hydroxylation sites is 1. The van der Waals surface area contributed by atoms with Crippen LogP contribution in [0.5, 0.6) is 0 Å². The molecule has 1 aromatic carbocycles. The molecule has 18 heavy (non-hydrogen) atoms. The Morgan fingerprint density at radius 1 is 1.28 bits per heavy atom. The highest BCUT2D eigenvalue weighted by Gasteiger charge is 2.16. The summed E-state index contributed by atoms with van der Waals surface area (Å²) in [6, 6.07) is 9.10. The molecule has 3 rings (SSSR count). The van der Waals surface area contributed by atoms with Crippen LogP contribution in [0.4, 0.5) is 0 Å². The fourth-order valence-electron chi connectivity index (χ4n) is 1.99. The third-order valence-corrected chi connectivity index (χ3v) is 3.23. The lowest BCUT2D eigenvalue weighted by molar-refractivity contribution is 0.511. The lowest BCUT2D eigenvalue weighted by Gasteiger charge is -2.04. The first-order chi connectivity index (χ1) is 8.65. The van der Waals surface area contributed by atoms with Gasteiger partial charge in [0.25, 0.3) is 0 Å². The van der Waals surface area contributed by atoms with Gasteiger partial charge in [-0.2, -0.15) is 0 Å². The van der Waals surface area contributed by atoms with Gasteiger partial charge in [0, 0.05) is 10.9 Å². The van der Waals surface area contributed by atoms with Crippen LogP contribution < -0.4 is 5.73 Å². The molecule has 1 atom stereocenters. The van der Waals surface area contributed by atoms with Crippen molar-refractivity contribution < 1.29 is 8.83 Å². The van der Waals surface area contributed by atoms with Crippen molar-refractivity contribution in [1.82, 2.24) is 0 Å². The summed E-state index contributed by atoms with van der Waals surface area (Å²) in [5.74, 6) is 1.51. The number of benzene rings is 1. The monoisotopic (exact) mass is 261 g/mol. The number of nitrogens with two attached hydrogens (primary N) is 1. The average Bonchev–Trinajstić information content (AvgIpc) is 2.95. The summed E-state index contributed by atoms with van der Waals surface area (Å²) in [5, 5.41) is 1.54. The molecule has 0 spiro atoms. The highest BCUT2D eigenvalue weighted by molar-refractivity contribution is 6.34.